The van der Waals surface area contributed by atoms with Gasteiger partial charge in [-0.05, 0) is 19.1 Å². The first-order valence-corrected chi connectivity index (χ1v) is 5.24. The van der Waals surface area contributed by atoms with E-state index in [1.807, 2.05) is 6.92 Å². The SMILES string of the molecule is COc1ccc(OC)c(Cl)c1.Cc1ncn[nH]1. The van der Waals surface area contributed by atoms with Crippen molar-refractivity contribution in [3.8, 4) is 11.5 Å². The summed E-state index contributed by atoms with van der Waals surface area (Å²) < 4.78 is 9.91. The number of halogens is 1. The number of hydrogen-bond donors (Lipinski definition) is 1. The lowest BCUT2D eigenvalue weighted by Crippen LogP contribution is -1.86. The fraction of sp³-hybridized carbons (Fsp3) is 0.273. The lowest BCUT2D eigenvalue weighted by atomic mass is 10.3. The number of benzene rings is 1. The second-order valence-electron chi connectivity index (χ2n) is 3.07. The van der Waals surface area contributed by atoms with E-state index in [0.29, 0.717) is 10.8 Å². The molecule has 0 spiro atoms. The van der Waals surface area contributed by atoms with E-state index in [2.05, 4.69) is 15.2 Å². The van der Waals surface area contributed by atoms with Crippen LogP contribution in [0, 0.1) is 6.92 Å². The Kier molecular flexibility index (Phi) is 5.29. The van der Waals surface area contributed by atoms with Crippen LogP contribution in [0.2, 0.25) is 5.02 Å². The zero-order valence-corrected chi connectivity index (χ0v) is 10.7. The van der Waals surface area contributed by atoms with Gasteiger partial charge in [0.2, 0.25) is 0 Å². The molecule has 0 aliphatic rings. The van der Waals surface area contributed by atoms with Gasteiger partial charge in [-0.1, -0.05) is 11.6 Å². The smallest absolute Gasteiger partial charge is 0.137 e. The third-order valence-corrected chi connectivity index (χ3v) is 2.19. The van der Waals surface area contributed by atoms with Crippen molar-refractivity contribution in [1.29, 1.82) is 0 Å². The predicted octanol–water partition coefficient (Wildman–Crippen LogP) is 2.47. The summed E-state index contributed by atoms with van der Waals surface area (Å²) in [4.78, 5) is 3.75. The quantitative estimate of drug-likeness (QED) is 0.896. The van der Waals surface area contributed by atoms with Crippen LogP contribution in [0.4, 0.5) is 0 Å². The monoisotopic (exact) mass is 255 g/mol. The van der Waals surface area contributed by atoms with Crippen LogP contribution in [0.3, 0.4) is 0 Å². The molecule has 0 unspecified atom stereocenters. The van der Waals surface area contributed by atoms with E-state index < -0.39 is 0 Å². The minimum Gasteiger partial charge on any atom is -0.497 e. The molecule has 0 amide bonds. The topological polar surface area (TPSA) is 60.0 Å². The fourth-order valence-corrected chi connectivity index (χ4v) is 1.29. The predicted molar refractivity (Wildman–Crippen MR) is 65.7 cm³/mol. The highest BCUT2D eigenvalue weighted by atomic mass is 35.5. The van der Waals surface area contributed by atoms with E-state index in [1.165, 1.54) is 6.33 Å². The molecule has 1 N–H and O–H groups in total. The number of rotatable bonds is 2. The Morgan fingerprint density at radius 3 is 2.35 bits per heavy atom. The first kappa shape index (κ1) is 13.3. The van der Waals surface area contributed by atoms with Crippen LogP contribution >= 0.6 is 11.6 Å². The van der Waals surface area contributed by atoms with Gasteiger partial charge in [0.15, 0.2) is 0 Å². The van der Waals surface area contributed by atoms with Crippen molar-refractivity contribution in [2.75, 3.05) is 14.2 Å². The zero-order chi connectivity index (χ0) is 12.7. The Morgan fingerprint density at radius 2 is 2.00 bits per heavy atom. The molecule has 0 atom stereocenters. The average Bonchev–Trinajstić information content (AvgIpc) is 2.81. The Labute approximate surface area is 105 Å². The zero-order valence-electron chi connectivity index (χ0n) is 9.90. The summed E-state index contributed by atoms with van der Waals surface area (Å²) in [6, 6.07) is 5.27. The lowest BCUT2D eigenvalue weighted by molar-refractivity contribution is 0.403. The van der Waals surface area contributed by atoms with E-state index in [4.69, 9.17) is 21.1 Å². The molecule has 0 saturated heterocycles. The van der Waals surface area contributed by atoms with Crippen molar-refractivity contribution in [1.82, 2.24) is 15.2 Å². The lowest BCUT2D eigenvalue weighted by Gasteiger charge is -2.04. The van der Waals surface area contributed by atoms with Crippen LogP contribution in [0.1, 0.15) is 5.82 Å². The summed E-state index contributed by atoms with van der Waals surface area (Å²) in [5, 5.41) is 6.79. The molecular weight excluding hydrogens is 242 g/mol. The number of aromatic nitrogens is 3. The van der Waals surface area contributed by atoms with E-state index in [9.17, 15) is 0 Å². The molecule has 2 aromatic rings. The number of hydrogen-bond acceptors (Lipinski definition) is 4. The van der Waals surface area contributed by atoms with Gasteiger partial charge in [-0.2, -0.15) is 5.10 Å². The van der Waals surface area contributed by atoms with Crippen LogP contribution < -0.4 is 9.47 Å². The minimum absolute atomic E-state index is 0.562. The highest BCUT2D eigenvalue weighted by Gasteiger charge is 2.00. The number of aryl methyl sites for hydroxylation is 1. The number of methoxy groups -OCH3 is 2. The first-order chi connectivity index (χ1) is 8.17. The molecule has 92 valence electrons. The van der Waals surface area contributed by atoms with Crippen molar-refractivity contribution < 1.29 is 9.47 Å². The van der Waals surface area contributed by atoms with Crippen molar-refractivity contribution in [2.45, 2.75) is 6.92 Å². The summed E-state index contributed by atoms with van der Waals surface area (Å²) in [5.41, 5.74) is 0. The van der Waals surface area contributed by atoms with E-state index in [0.717, 1.165) is 11.6 Å². The molecule has 1 aromatic carbocycles. The number of aromatic amines is 1. The maximum Gasteiger partial charge on any atom is 0.137 e. The van der Waals surface area contributed by atoms with Gasteiger partial charge < -0.3 is 9.47 Å². The van der Waals surface area contributed by atoms with Gasteiger partial charge in [0.25, 0.3) is 0 Å². The maximum absolute atomic E-state index is 5.80. The third kappa shape index (κ3) is 4.32. The average molecular weight is 256 g/mol. The first-order valence-electron chi connectivity index (χ1n) is 4.87. The molecule has 1 heterocycles. The number of nitrogens with zero attached hydrogens (tertiary/aromatic N) is 2. The largest absolute Gasteiger partial charge is 0.497 e. The molecule has 0 aliphatic heterocycles. The van der Waals surface area contributed by atoms with Crippen LogP contribution in [0.5, 0.6) is 11.5 Å². The van der Waals surface area contributed by atoms with Gasteiger partial charge in [-0.3, -0.25) is 5.10 Å². The Morgan fingerprint density at radius 1 is 1.24 bits per heavy atom. The molecule has 1 aromatic heterocycles. The Balaban J connectivity index is 0.000000202. The molecule has 6 heteroatoms. The molecule has 2 rings (SSSR count). The van der Waals surface area contributed by atoms with Gasteiger partial charge in [-0.15, -0.1) is 0 Å². The van der Waals surface area contributed by atoms with Gasteiger partial charge >= 0.3 is 0 Å². The van der Waals surface area contributed by atoms with Crippen LogP contribution in [0.15, 0.2) is 24.5 Å². The van der Waals surface area contributed by atoms with Crippen LogP contribution in [0.25, 0.3) is 0 Å². The van der Waals surface area contributed by atoms with Gasteiger partial charge in [0.05, 0.1) is 19.2 Å². The molecule has 0 radical (unpaired) electrons. The highest BCUT2D eigenvalue weighted by molar-refractivity contribution is 6.32. The normalized spacial score (nSPS) is 9.18. The molecule has 0 fully saturated rings. The van der Waals surface area contributed by atoms with Crippen molar-refractivity contribution >= 4 is 11.6 Å². The summed E-state index contributed by atoms with van der Waals surface area (Å²) in [6.07, 6.45) is 1.48. The van der Waals surface area contributed by atoms with E-state index in [1.54, 1.807) is 32.4 Å². The van der Waals surface area contributed by atoms with E-state index >= 15 is 0 Å². The highest BCUT2D eigenvalue weighted by Crippen LogP contribution is 2.27. The second-order valence-corrected chi connectivity index (χ2v) is 3.48. The standard InChI is InChI=1S/C8H9ClO2.C3H5N3/c1-10-6-3-4-8(11-2)7(9)5-6;1-3-4-2-5-6-3/h3-5H,1-2H3;2H,1H3,(H,4,5,6). The van der Waals surface area contributed by atoms with Gasteiger partial charge in [-0.25, -0.2) is 4.98 Å². The number of nitrogens with one attached hydrogen (secondary N) is 1. The van der Waals surface area contributed by atoms with E-state index in [-0.39, 0.29) is 0 Å². The second kappa shape index (κ2) is 6.75. The van der Waals surface area contributed by atoms with Gasteiger partial charge in [0.1, 0.15) is 23.7 Å². The van der Waals surface area contributed by atoms with Crippen molar-refractivity contribution in [3.05, 3.63) is 35.4 Å². The van der Waals surface area contributed by atoms with Crippen LogP contribution in [-0.2, 0) is 0 Å². The Hall–Kier alpha value is -1.75. The van der Waals surface area contributed by atoms with Crippen molar-refractivity contribution in [2.24, 2.45) is 0 Å². The third-order valence-electron chi connectivity index (χ3n) is 1.89. The molecule has 0 bridgehead atoms. The summed E-state index contributed by atoms with van der Waals surface area (Å²) in [6.45, 7) is 1.85. The summed E-state index contributed by atoms with van der Waals surface area (Å²) in [5.74, 6) is 2.25. The Bertz CT molecular complexity index is 446. The number of H-pyrrole nitrogens is 1. The van der Waals surface area contributed by atoms with Crippen LogP contribution in [-0.4, -0.2) is 29.4 Å². The van der Waals surface area contributed by atoms with Crippen molar-refractivity contribution in [3.63, 3.8) is 0 Å². The molecule has 17 heavy (non-hydrogen) atoms. The molecule has 0 aliphatic carbocycles. The summed E-state index contributed by atoms with van der Waals surface area (Å²) >= 11 is 5.80. The molecular formula is C11H14ClN3O2. The fourth-order valence-electron chi connectivity index (χ4n) is 1.04. The minimum atomic E-state index is 0.562. The van der Waals surface area contributed by atoms with Gasteiger partial charge in [0, 0.05) is 6.07 Å². The summed E-state index contributed by atoms with van der Waals surface area (Å²) in [7, 11) is 3.17. The number of ether oxygens (including phenoxy) is 2. The maximum atomic E-state index is 5.80. The molecule has 5 nitrogen and oxygen atoms in total. The molecule has 0 saturated carbocycles.